The molecule has 2 unspecified atom stereocenters. The molecule has 0 aliphatic carbocycles. The van der Waals surface area contributed by atoms with Gasteiger partial charge in [-0.2, -0.15) is 23.1 Å². The monoisotopic (exact) mass is 623 g/mol. The van der Waals surface area contributed by atoms with Crippen LogP contribution in [-0.4, -0.2) is 82.5 Å². The van der Waals surface area contributed by atoms with Crippen LogP contribution in [0.3, 0.4) is 0 Å². The van der Waals surface area contributed by atoms with Gasteiger partial charge in [0, 0.05) is 49.8 Å². The summed E-state index contributed by atoms with van der Waals surface area (Å²) in [7, 11) is 0. The van der Waals surface area contributed by atoms with Crippen molar-refractivity contribution in [2.24, 2.45) is 0 Å². The predicted octanol–water partition coefficient (Wildman–Crippen LogP) is 4.56. The quantitative estimate of drug-likeness (QED) is 0.311. The van der Waals surface area contributed by atoms with E-state index in [0.29, 0.717) is 25.3 Å². The number of alkyl halides is 3. The Morgan fingerprint density at radius 3 is 2.58 bits per heavy atom. The van der Waals surface area contributed by atoms with Crippen molar-refractivity contribution in [2.75, 3.05) is 50.0 Å². The van der Waals surface area contributed by atoms with Crippen molar-refractivity contribution in [1.29, 1.82) is 0 Å². The molecule has 6 rings (SSSR count). The standard InChI is InChI=1S/C29H34ClF4N7O2/c1-15-10-21(35)37-26(23(15)29(32,33)34)22-20(30)11-19-25(24(22)31)38-28(43-14-18-4-2-7-40(18)8-3-9-42)39-27(19)41-12-16-5-6-17(13-41)36-16/h10-11,16-18,36,42H,2-9,12-14H2,1H3,(H2,35,37)/t16?,17?,18-/m0/s1. The van der Waals surface area contributed by atoms with Crippen LogP contribution in [0.4, 0.5) is 29.2 Å². The number of anilines is 2. The smallest absolute Gasteiger partial charge is 0.418 e. The Labute approximate surface area is 251 Å². The minimum Gasteiger partial charge on any atom is -0.462 e. The molecule has 0 spiro atoms. The van der Waals surface area contributed by atoms with E-state index in [9.17, 15) is 18.3 Å². The summed E-state index contributed by atoms with van der Waals surface area (Å²) in [5.41, 5.74) is 3.08. The molecule has 2 bridgehead atoms. The molecule has 3 fully saturated rings. The predicted molar refractivity (Wildman–Crippen MR) is 156 cm³/mol. The number of benzene rings is 1. The van der Waals surface area contributed by atoms with Crippen LogP contribution in [0.2, 0.25) is 5.02 Å². The van der Waals surface area contributed by atoms with Crippen LogP contribution in [0.25, 0.3) is 22.2 Å². The second-order valence-electron chi connectivity index (χ2n) is 11.6. The van der Waals surface area contributed by atoms with E-state index in [1.165, 1.54) is 13.0 Å². The summed E-state index contributed by atoms with van der Waals surface area (Å²) in [5, 5.41) is 12.8. The van der Waals surface area contributed by atoms with Crippen LogP contribution in [0.5, 0.6) is 6.01 Å². The first-order valence-electron chi connectivity index (χ1n) is 14.6. The van der Waals surface area contributed by atoms with Crippen molar-refractivity contribution in [2.45, 2.75) is 63.3 Å². The molecule has 0 amide bonds. The average Bonchev–Trinajstić information content (AvgIpc) is 3.53. The molecule has 3 saturated heterocycles. The van der Waals surface area contributed by atoms with Gasteiger partial charge in [-0.15, -0.1) is 0 Å². The molecule has 232 valence electrons. The molecule has 3 aliphatic rings. The molecule has 2 aromatic heterocycles. The van der Waals surface area contributed by atoms with Gasteiger partial charge in [-0.1, -0.05) is 11.6 Å². The SMILES string of the molecule is Cc1cc(N)nc(-c2c(Cl)cc3c(N4CC5CCC(C4)N5)nc(OC[C@@H]4CCCN4CCCO)nc3c2F)c1C(F)(F)F. The highest BCUT2D eigenvalue weighted by molar-refractivity contribution is 6.34. The van der Waals surface area contributed by atoms with Crippen LogP contribution < -0.4 is 20.7 Å². The number of halogens is 5. The number of hydrogen-bond donors (Lipinski definition) is 3. The first kappa shape index (κ1) is 30.0. The number of piperazine rings is 1. The third-order valence-electron chi connectivity index (χ3n) is 8.62. The maximum absolute atomic E-state index is 16.5. The number of ether oxygens (including phenoxy) is 1. The molecule has 0 saturated carbocycles. The maximum Gasteiger partial charge on any atom is 0.418 e. The highest BCUT2D eigenvalue weighted by atomic mass is 35.5. The van der Waals surface area contributed by atoms with Crippen molar-refractivity contribution in [3.8, 4) is 17.3 Å². The molecule has 1 aromatic carbocycles. The largest absolute Gasteiger partial charge is 0.462 e. The van der Waals surface area contributed by atoms with Gasteiger partial charge >= 0.3 is 12.2 Å². The number of rotatable bonds is 8. The second kappa shape index (κ2) is 11.8. The Bertz CT molecular complexity index is 1510. The van der Waals surface area contributed by atoms with Crippen LogP contribution in [0.1, 0.15) is 43.2 Å². The Hall–Kier alpha value is -3.00. The molecule has 0 radical (unpaired) electrons. The van der Waals surface area contributed by atoms with E-state index in [0.717, 1.165) is 44.8 Å². The third-order valence-corrected chi connectivity index (χ3v) is 8.92. The Kier molecular flexibility index (Phi) is 8.26. The highest BCUT2D eigenvalue weighted by Crippen LogP contribution is 2.45. The maximum atomic E-state index is 16.5. The number of aliphatic hydroxyl groups is 1. The van der Waals surface area contributed by atoms with Gasteiger partial charge in [0.05, 0.1) is 21.8 Å². The van der Waals surface area contributed by atoms with Crippen molar-refractivity contribution in [1.82, 2.24) is 25.2 Å². The zero-order valence-corrected chi connectivity index (χ0v) is 24.5. The normalized spacial score (nSPS) is 22.6. The summed E-state index contributed by atoms with van der Waals surface area (Å²) in [5.74, 6) is -0.827. The summed E-state index contributed by atoms with van der Waals surface area (Å²) in [6.45, 7) is 4.43. The summed E-state index contributed by atoms with van der Waals surface area (Å²) in [6.07, 6.45) is -0.319. The van der Waals surface area contributed by atoms with Crippen molar-refractivity contribution in [3.05, 3.63) is 34.1 Å². The molecule has 3 aromatic rings. The lowest BCUT2D eigenvalue weighted by molar-refractivity contribution is -0.137. The van der Waals surface area contributed by atoms with E-state index in [1.807, 2.05) is 4.90 Å². The van der Waals surface area contributed by atoms with E-state index in [4.69, 9.17) is 27.1 Å². The van der Waals surface area contributed by atoms with Gasteiger partial charge in [0.2, 0.25) is 0 Å². The Balaban J connectivity index is 1.46. The van der Waals surface area contributed by atoms with Gasteiger partial charge in [0.15, 0.2) is 5.82 Å². The molecule has 3 aliphatic heterocycles. The number of aryl methyl sites for hydroxylation is 1. The van der Waals surface area contributed by atoms with Gasteiger partial charge in [-0.05, 0) is 63.3 Å². The van der Waals surface area contributed by atoms with Crippen LogP contribution in [0.15, 0.2) is 12.1 Å². The van der Waals surface area contributed by atoms with Crippen LogP contribution in [-0.2, 0) is 6.18 Å². The topological polar surface area (TPSA) is 113 Å². The molecular weight excluding hydrogens is 590 g/mol. The summed E-state index contributed by atoms with van der Waals surface area (Å²) < 4.78 is 65.2. The fraction of sp³-hybridized carbons (Fsp3) is 0.552. The molecule has 14 heteroatoms. The molecule has 9 nitrogen and oxygen atoms in total. The first-order valence-corrected chi connectivity index (χ1v) is 14.9. The van der Waals surface area contributed by atoms with Crippen molar-refractivity contribution in [3.63, 3.8) is 0 Å². The Morgan fingerprint density at radius 1 is 1.14 bits per heavy atom. The van der Waals surface area contributed by atoms with E-state index in [1.54, 1.807) is 0 Å². The van der Waals surface area contributed by atoms with Gasteiger partial charge in [-0.25, -0.2) is 9.37 Å². The fourth-order valence-corrected chi connectivity index (χ4v) is 6.99. The minimum atomic E-state index is -4.83. The molecule has 4 N–H and O–H groups in total. The average molecular weight is 624 g/mol. The number of nitrogens with two attached hydrogens (primary N) is 1. The van der Waals surface area contributed by atoms with E-state index < -0.39 is 28.8 Å². The lowest BCUT2D eigenvalue weighted by Gasteiger charge is -2.34. The molecular formula is C29H34ClF4N7O2. The Morgan fingerprint density at radius 2 is 1.88 bits per heavy atom. The highest BCUT2D eigenvalue weighted by Gasteiger charge is 2.39. The molecule has 3 atom stereocenters. The van der Waals surface area contributed by atoms with Crippen LogP contribution >= 0.6 is 11.6 Å². The number of nitrogens with zero attached hydrogens (tertiary/aromatic N) is 5. The first-order chi connectivity index (χ1) is 20.5. The zero-order valence-electron chi connectivity index (χ0n) is 23.7. The van der Waals surface area contributed by atoms with E-state index in [-0.39, 0.29) is 64.7 Å². The lowest BCUT2D eigenvalue weighted by Crippen LogP contribution is -2.51. The number of pyridine rings is 1. The van der Waals surface area contributed by atoms with Gasteiger partial charge in [0.25, 0.3) is 0 Å². The van der Waals surface area contributed by atoms with Gasteiger partial charge in [0.1, 0.15) is 23.8 Å². The third kappa shape index (κ3) is 5.92. The number of likely N-dealkylation sites (tertiary alicyclic amines) is 1. The lowest BCUT2D eigenvalue weighted by atomic mass is 9.99. The second-order valence-corrected chi connectivity index (χ2v) is 12.0. The molecule has 5 heterocycles. The number of nitrogens with one attached hydrogen (secondary N) is 1. The van der Waals surface area contributed by atoms with E-state index in [2.05, 4.69) is 20.2 Å². The number of nitrogen functional groups attached to an aromatic ring is 1. The van der Waals surface area contributed by atoms with Gasteiger partial charge < -0.3 is 25.8 Å². The number of fused-ring (bicyclic) bond motifs is 3. The van der Waals surface area contributed by atoms with Crippen molar-refractivity contribution < 1.29 is 27.4 Å². The summed E-state index contributed by atoms with van der Waals surface area (Å²) in [4.78, 5) is 17.3. The van der Waals surface area contributed by atoms with Crippen molar-refractivity contribution >= 4 is 34.1 Å². The minimum absolute atomic E-state index is 0.0673. The van der Waals surface area contributed by atoms with Gasteiger partial charge in [-0.3, -0.25) is 4.90 Å². The number of aliphatic hydroxyl groups excluding tert-OH is 1. The number of aromatic nitrogens is 3. The molecule has 43 heavy (non-hydrogen) atoms. The fourth-order valence-electron chi connectivity index (χ4n) is 6.71. The number of hydrogen-bond acceptors (Lipinski definition) is 9. The van der Waals surface area contributed by atoms with Crippen LogP contribution in [0, 0.1) is 12.7 Å². The van der Waals surface area contributed by atoms with E-state index >= 15 is 4.39 Å². The summed E-state index contributed by atoms with van der Waals surface area (Å²) in [6, 6.07) is 2.98. The summed E-state index contributed by atoms with van der Waals surface area (Å²) >= 11 is 6.57. The zero-order chi connectivity index (χ0) is 30.5.